The maximum atomic E-state index is 12.4. The first-order valence-electron chi connectivity index (χ1n) is 6.80. The Hall–Kier alpha value is -1.72. The first kappa shape index (κ1) is 14.2. The monoisotopic (exact) mass is 316 g/mol. The highest BCUT2D eigenvalue weighted by atomic mass is 32.1. The van der Waals surface area contributed by atoms with Crippen molar-refractivity contribution in [1.29, 1.82) is 0 Å². The number of hydrogen-bond donors (Lipinski definition) is 1. The number of amides is 1. The number of thiazole rings is 1. The van der Waals surface area contributed by atoms with Gasteiger partial charge in [0.05, 0.1) is 15.1 Å². The number of hydrogen-bond acceptors (Lipinski definition) is 4. The number of aryl methyl sites for hydroxylation is 1. The van der Waals surface area contributed by atoms with Gasteiger partial charge in [0.1, 0.15) is 0 Å². The Kier molecular flexibility index (Phi) is 3.78. The lowest BCUT2D eigenvalue weighted by Crippen LogP contribution is -2.12. The van der Waals surface area contributed by atoms with Gasteiger partial charge in [0, 0.05) is 0 Å². The number of carbonyl (C=O) groups excluding carboxylic acids is 1. The van der Waals surface area contributed by atoms with Gasteiger partial charge in [0.15, 0.2) is 5.13 Å². The van der Waals surface area contributed by atoms with E-state index in [4.69, 9.17) is 0 Å². The standard InChI is InChI=1S/C16H16N2OS2/c1-9(2)11-6-7-20-14(11)15(19)18-16-17-12-5-4-10(3)8-13(12)21-16/h4-9H,1-3H3,(H,17,18,19). The van der Waals surface area contributed by atoms with E-state index < -0.39 is 0 Å². The van der Waals surface area contributed by atoms with Gasteiger partial charge < -0.3 is 0 Å². The quantitative estimate of drug-likeness (QED) is 0.735. The minimum atomic E-state index is -0.0653. The number of thiophene rings is 1. The van der Waals surface area contributed by atoms with Crippen LogP contribution in [0.1, 0.15) is 40.6 Å². The van der Waals surface area contributed by atoms with Crippen LogP contribution in [0.2, 0.25) is 0 Å². The zero-order chi connectivity index (χ0) is 15.0. The summed E-state index contributed by atoms with van der Waals surface area (Å²) in [7, 11) is 0. The summed E-state index contributed by atoms with van der Waals surface area (Å²) in [5, 5.41) is 5.55. The van der Waals surface area contributed by atoms with E-state index in [1.165, 1.54) is 28.2 Å². The molecule has 0 radical (unpaired) electrons. The second-order valence-electron chi connectivity index (χ2n) is 5.30. The van der Waals surface area contributed by atoms with Crippen molar-refractivity contribution in [1.82, 2.24) is 4.98 Å². The molecule has 0 bridgehead atoms. The van der Waals surface area contributed by atoms with Crippen LogP contribution in [0.15, 0.2) is 29.6 Å². The van der Waals surface area contributed by atoms with Crippen molar-refractivity contribution < 1.29 is 4.79 Å². The first-order chi connectivity index (χ1) is 10.0. The molecule has 5 heteroatoms. The number of fused-ring (bicyclic) bond motifs is 1. The summed E-state index contributed by atoms with van der Waals surface area (Å²) in [5.74, 6) is 0.277. The van der Waals surface area contributed by atoms with Crippen LogP contribution in [0.3, 0.4) is 0 Å². The van der Waals surface area contributed by atoms with Crippen LogP contribution < -0.4 is 5.32 Å². The van der Waals surface area contributed by atoms with Crippen LogP contribution in [0.4, 0.5) is 5.13 Å². The number of nitrogens with one attached hydrogen (secondary N) is 1. The third-order valence-corrected chi connectivity index (χ3v) is 5.15. The van der Waals surface area contributed by atoms with Crippen LogP contribution in [0.25, 0.3) is 10.2 Å². The molecule has 1 N–H and O–H groups in total. The van der Waals surface area contributed by atoms with Crippen molar-refractivity contribution in [3.63, 3.8) is 0 Å². The maximum absolute atomic E-state index is 12.4. The molecule has 2 aromatic heterocycles. The summed E-state index contributed by atoms with van der Waals surface area (Å²) in [6.07, 6.45) is 0. The molecule has 0 fully saturated rings. The van der Waals surface area contributed by atoms with Crippen LogP contribution in [0.5, 0.6) is 0 Å². The third-order valence-electron chi connectivity index (χ3n) is 3.29. The fourth-order valence-electron chi connectivity index (χ4n) is 2.20. The lowest BCUT2D eigenvalue weighted by Gasteiger charge is -2.06. The van der Waals surface area contributed by atoms with E-state index in [9.17, 15) is 4.79 Å². The van der Waals surface area contributed by atoms with Gasteiger partial charge in [0.2, 0.25) is 0 Å². The lowest BCUT2D eigenvalue weighted by atomic mass is 10.0. The van der Waals surface area contributed by atoms with Gasteiger partial charge in [-0.25, -0.2) is 4.98 Å². The van der Waals surface area contributed by atoms with Crippen LogP contribution in [0, 0.1) is 6.92 Å². The van der Waals surface area contributed by atoms with Gasteiger partial charge >= 0.3 is 0 Å². The molecule has 0 atom stereocenters. The summed E-state index contributed by atoms with van der Waals surface area (Å²) in [5.41, 5.74) is 3.22. The molecule has 0 aliphatic rings. The molecule has 3 rings (SSSR count). The van der Waals surface area contributed by atoms with Gasteiger partial charge in [-0.2, -0.15) is 0 Å². The smallest absolute Gasteiger partial charge is 0.267 e. The fraction of sp³-hybridized carbons (Fsp3) is 0.250. The predicted octanol–water partition coefficient (Wildman–Crippen LogP) is 5.04. The molecule has 0 aliphatic heterocycles. The highest BCUT2D eigenvalue weighted by Crippen LogP contribution is 2.29. The van der Waals surface area contributed by atoms with Gasteiger partial charge in [-0.3, -0.25) is 10.1 Å². The molecule has 0 aliphatic carbocycles. The fourth-order valence-corrected chi connectivity index (χ4v) is 4.11. The first-order valence-corrected chi connectivity index (χ1v) is 8.50. The zero-order valence-electron chi connectivity index (χ0n) is 12.1. The molecule has 0 spiro atoms. The summed E-state index contributed by atoms with van der Waals surface area (Å²) in [6, 6.07) is 8.13. The number of benzene rings is 1. The highest BCUT2D eigenvalue weighted by molar-refractivity contribution is 7.22. The van der Waals surface area contributed by atoms with Gasteiger partial charge in [-0.05, 0) is 47.5 Å². The van der Waals surface area contributed by atoms with E-state index in [2.05, 4.69) is 37.1 Å². The molecule has 3 aromatic rings. The molecule has 2 heterocycles. The second kappa shape index (κ2) is 5.58. The third kappa shape index (κ3) is 2.84. The molecule has 21 heavy (non-hydrogen) atoms. The molecule has 1 aromatic carbocycles. The minimum absolute atomic E-state index is 0.0653. The number of rotatable bonds is 3. The lowest BCUT2D eigenvalue weighted by molar-refractivity contribution is 0.102. The number of aromatic nitrogens is 1. The second-order valence-corrected chi connectivity index (χ2v) is 7.25. The summed E-state index contributed by atoms with van der Waals surface area (Å²) in [6.45, 7) is 6.25. The highest BCUT2D eigenvalue weighted by Gasteiger charge is 2.17. The molecule has 0 unspecified atom stereocenters. The Labute approximate surface area is 131 Å². The average Bonchev–Trinajstić information content (AvgIpc) is 3.03. The van der Waals surface area contributed by atoms with Crippen molar-refractivity contribution in [2.75, 3.05) is 5.32 Å². The van der Waals surface area contributed by atoms with Crippen LogP contribution in [-0.4, -0.2) is 10.9 Å². The van der Waals surface area contributed by atoms with Gasteiger partial charge in [-0.15, -0.1) is 11.3 Å². The molecule has 1 amide bonds. The van der Waals surface area contributed by atoms with Gasteiger partial charge in [0.25, 0.3) is 5.91 Å². The predicted molar refractivity (Wildman–Crippen MR) is 90.7 cm³/mol. The summed E-state index contributed by atoms with van der Waals surface area (Å²) < 4.78 is 1.10. The Morgan fingerprint density at radius 3 is 2.86 bits per heavy atom. The number of carbonyl (C=O) groups is 1. The van der Waals surface area contributed by atoms with Crippen LogP contribution in [-0.2, 0) is 0 Å². The Morgan fingerprint density at radius 1 is 1.29 bits per heavy atom. The molecule has 3 nitrogen and oxygen atoms in total. The zero-order valence-corrected chi connectivity index (χ0v) is 13.8. The van der Waals surface area contributed by atoms with Crippen LogP contribution >= 0.6 is 22.7 Å². The van der Waals surface area contributed by atoms with Crippen molar-refractivity contribution in [2.24, 2.45) is 0 Å². The van der Waals surface area contributed by atoms with E-state index >= 15 is 0 Å². The summed E-state index contributed by atoms with van der Waals surface area (Å²) in [4.78, 5) is 17.7. The number of anilines is 1. The molecule has 0 saturated heterocycles. The van der Waals surface area contributed by atoms with E-state index in [-0.39, 0.29) is 5.91 Å². The molecular formula is C16H16N2OS2. The van der Waals surface area contributed by atoms with E-state index in [1.54, 1.807) is 0 Å². The Balaban J connectivity index is 1.87. The largest absolute Gasteiger partial charge is 0.297 e. The Bertz CT molecular complexity index is 802. The topological polar surface area (TPSA) is 42.0 Å². The normalized spacial score (nSPS) is 11.2. The van der Waals surface area contributed by atoms with Crippen molar-refractivity contribution in [2.45, 2.75) is 26.7 Å². The maximum Gasteiger partial charge on any atom is 0.267 e. The van der Waals surface area contributed by atoms with E-state index in [0.29, 0.717) is 11.0 Å². The van der Waals surface area contributed by atoms with Gasteiger partial charge in [-0.1, -0.05) is 31.3 Å². The minimum Gasteiger partial charge on any atom is -0.297 e. The van der Waals surface area contributed by atoms with Crippen molar-refractivity contribution >= 4 is 43.9 Å². The van der Waals surface area contributed by atoms with E-state index in [1.807, 2.05) is 23.6 Å². The molecular weight excluding hydrogens is 300 g/mol. The average molecular weight is 316 g/mol. The van der Waals surface area contributed by atoms with E-state index in [0.717, 1.165) is 20.7 Å². The molecule has 0 saturated carbocycles. The summed E-state index contributed by atoms with van der Waals surface area (Å²) >= 11 is 2.99. The SMILES string of the molecule is Cc1ccc2nc(NC(=O)c3sccc3C(C)C)sc2c1. The van der Waals surface area contributed by atoms with Crippen molar-refractivity contribution in [3.8, 4) is 0 Å². The molecule has 108 valence electrons. The Morgan fingerprint density at radius 2 is 2.10 bits per heavy atom. The van der Waals surface area contributed by atoms with Crippen molar-refractivity contribution in [3.05, 3.63) is 45.6 Å². The number of nitrogens with zero attached hydrogens (tertiary/aromatic N) is 1.